The molecule has 1 atom stereocenters. The summed E-state index contributed by atoms with van der Waals surface area (Å²) in [6.45, 7) is 3.34. The summed E-state index contributed by atoms with van der Waals surface area (Å²) >= 11 is 0. The van der Waals surface area contributed by atoms with Crippen molar-refractivity contribution in [1.29, 1.82) is 0 Å². The number of anilines is 2. The number of nitrogens with one attached hydrogen (secondary N) is 1. The number of carbonyl (C=O) groups excluding carboxylic acids is 2. The van der Waals surface area contributed by atoms with E-state index in [0.717, 1.165) is 47.8 Å². The largest absolute Gasteiger partial charge is 0.497 e. The number of rotatable bonds is 6. The predicted molar refractivity (Wildman–Crippen MR) is 132 cm³/mol. The predicted octanol–water partition coefficient (Wildman–Crippen LogP) is 4.67. The van der Waals surface area contributed by atoms with E-state index in [1.807, 2.05) is 84.7 Å². The molecular formula is C27H29N3O3. The molecule has 6 nitrogen and oxygen atoms in total. The van der Waals surface area contributed by atoms with Crippen LogP contribution in [0.25, 0.3) is 11.1 Å². The van der Waals surface area contributed by atoms with Crippen molar-refractivity contribution < 1.29 is 14.3 Å². The fraction of sp³-hybridized carbons (Fsp3) is 0.259. The smallest absolute Gasteiger partial charge is 0.255 e. The highest BCUT2D eigenvalue weighted by Gasteiger charge is 2.27. The summed E-state index contributed by atoms with van der Waals surface area (Å²) in [7, 11) is 3.51. The Morgan fingerprint density at radius 3 is 2.12 bits per heavy atom. The molecule has 0 saturated carbocycles. The van der Waals surface area contributed by atoms with Crippen LogP contribution < -0.4 is 15.0 Å². The molecule has 0 bridgehead atoms. The van der Waals surface area contributed by atoms with Crippen molar-refractivity contribution in [1.82, 2.24) is 4.90 Å². The van der Waals surface area contributed by atoms with Crippen molar-refractivity contribution in [3.63, 3.8) is 0 Å². The van der Waals surface area contributed by atoms with Crippen LogP contribution in [0.15, 0.2) is 72.8 Å². The second-order valence-electron chi connectivity index (χ2n) is 8.33. The normalized spacial score (nSPS) is 15.2. The number of carbonyl (C=O) groups is 2. The van der Waals surface area contributed by atoms with Crippen molar-refractivity contribution in [2.24, 2.45) is 0 Å². The van der Waals surface area contributed by atoms with Crippen LogP contribution in [0.5, 0.6) is 5.75 Å². The summed E-state index contributed by atoms with van der Waals surface area (Å²) in [6, 6.07) is 23.5. The number of hydrogen-bond donors (Lipinski definition) is 1. The maximum Gasteiger partial charge on any atom is 0.255 e. The molecule has 3 aromatic rings. The van der Waals surface area contributed by atoms with E-state index in [1.54, 1.807) is 14.0 Å². The lowest BCUT2D eigenvalue weighted by Gasteiger charge is -2.24. The summed E-state index contributed by atoms with van der Waals surface area (Å²) in [5.41, 5.74) is 4.55. The molecule has 0 aliphatic carbocycles. The first-order valence-electron chi connectivity index (χ1n) is 11.1. The first kappa shape index (κ1) is 22.4. The minimum absolute atomic E-state index is 0.0944. The molecule has 1 aliphatic rings. The van der Waals surface area contributed by atoms with Gasteiger partial charge in [-0.3, -0.25) is 9.59 Å². The minimum Gasteiger partial charge on any atom is -0.497 e. The summed E-state index contributed by atoms with van der Waals surface area (Å²) in [5.74, 6) is 0.763. The van der Waals surface area contributed by atoms with Gasteiger partial charge in [-0.05, 0) is 66.1 Å². The highest BCUT2D eigenvalue weighted by Crippen LogP contribution is 2.25. The van der Waals surface area contributed by atoms with Gasteiger partial charge in [-0.25, -0.2) is 0 Å². The highest BCUT2D eigenvalue weighted by molar-refractivity contribution is 6.04. The van der Waals surface area contributed by atoms with E-state index in [1.165, 1.54) is 0 Å². The Balaban J connectivity index is 1.36. The van der Waals surface area contributed by atoms with E-state index in [4.69, 9.17) is 4.74 Å². The van der Waals surface area contributed by atoms with Gasteiger partial charge in [0.2, 0.25) is 5.91 Å². The van der Waals surface area contributed by atoms with Gasteiger partial charge >= 0.3 is 0 Å². The standard InChI is InChI=1S/C27H29N3O3/c1-19(31)29(2)25-16-17-30(18-25)24-12-10-23(11-13-24)28-27(32)22-6-4-20(5-7-22)21-8-14-26(33-3)15-9-21/h4-15,25H,16-18H2,1-3H3,(H,28,32). The van der Waals surface area contributed by atoms with Crippen LogP contribution in [-0.2, 0) is 4.79 Å². The van der Waals surface area contributed by atoms with E-state index in [9.17, 15) is 9.59 Å². The number of benzene rings is 3. The van der Waals surface area contributed by atoms with Crippen LogP contribution in [0.3, 0.4) is 0 Å². The molecule has 1 heterocycles. The van der Waals surface area contributed by atoms with Crippen LogP contribution in [0.1, 0.15) is 23.7 Å². The van der Waals surface area contributed by atoms with Crippen molar-refractivity contribution >= 4 is 23.2 Å². The van der Waals surface area contributed by atoms with E-state index < -0.39 is 0 Å². The summed E-state index contributed by atoms with van der Waals surface area (Å²) in [6.07, 6.45) is 0.959. The number of nitrogens with zero attached hydrogens (tertiary/aromatic N) is 2. The molecule has 0 aromatic heterocycles. The Bertz CT molecular complexity index is 1110. The van der Waals surface area contributed by atoms with Crippen molar-refractivity contribution in [3.8, 4) is 16.9 Å². The lowest BCUT2D eigenvalue weighted by molar-refractivity contribution is -0.129. The van der Waals surface area contributed by atoms with Crippen LogP contribution in [-0.4, -0.2) is 50.0 Å². The highest BCUT2D eigenvalue weighted by atomic mass is 16.5. The van der Waals surface area contributed by atoms with E-state index in [-0.39, 0.29) is 17.9 Å². The van der Waals surface area contributed by atoms with Gasteiger partial charge in [-0.15, -0.1) is 0 Å². The Kier molecular flexibility index (Phi) is 6.63. The molecule has 6 heteroatoms. The summed E-state index contributed by atoms with van der Waals surface area (Å²) in [4.78, 5) is 28.4. The zero-order valence-corrected chi connectivity index (χ0v) is 19.2. The molecule has 170 valence electrons. The van der Waals surface area contributed by atoms with Gasteiger partial charge in [0.25, 0.3) is 5.91 Å². The van der Waals surface area contributed by atoms with E-state index in [2.05, 4.69) is 10.2 Å². The van der Waals surface area contributed by atoms with Gasteiger partial charge in [0.1, 0.15) is 5.75 Å². The van der Waals surface area contributed by atoms with Gasteiger partial charge in [0.15, 0.2) is 0 Å². The molecule has 1 fully saturated rings. The molecule has 1 aliphatic heterocycles. The van der Waals surface area contributed by atoms with Gasteiger partial charge in [0.05, 0.1) is 13.2 Å². The number of amides is 2. The van der Waals surface area contributed by atoms with Gasteiger partial charge in [-0.2, -0.15) is 0 Å². The molecule has 0 spiro atoms. The zero-order chi connectivity index (χ0) is 23.4. The molecule has 1 N–H and O–H groups in total. The quantitative estimate of drug-likeness (QED) is 0.601. The topological polar surface area (TPSA) is 61.9 Å². The van der Waals surface area contributed by atoms with Crippen molar-refractivity contribution in [2.75, 3.05) is 37.5 Å². The van der Waals surface area contributed by atoms with Gasteiger partial charge in [-0.1, -0.05) is 24.3 Å². The molecule has 3 aromatic carbocycles. The number of likely N-dealkylation sites (N-methyl/N-ethyl adjacent to an activating group) is 1. The molecule has 33 heavy (non-hydrogen) atoms. The monoisotopic (exact) mass is 443 g/mol. The molecular weight excluding hydrogens is 414 g/mol. The first-order valence-corrected chi connectivity index (χ1v) is 11.1. The van der Waals surface area contributed by atoms with Crippen molar-refractivity contribution in [3.05, 3.63) is 78.4 Å². The Hall–Kier alpha value is -3.80. The van der Waals surface area contributed by atoms with Crippen LogP contribution in [0, 0.1) is 0 Å². The van der Waals surface area contributed by atoms with Crippen LogP contribution >= 0.6 is 0 Å². The average molecular weight is 444 g/mol. The van der Waals surface area contributed by atoms with E-state index >= 15 is 0 Å². The Labute approximate surface area is 194 Å². The SMILES string of the molecule is COc1ccc(-c2ccc(C(=O)Nc3ccc(N4CCC(N(C)C(C)=O)C4)cc3)cc2)cc1. The number of ether oxygens (including phenoxy) is 1. The second-order valence-corrected chi connectivity index (χ2v) is 8.33. The third-order valence-electron chi connectivity index (χ3n) is 6.27. The van der Waals surface area contributed by atoms with E-state index in [0.29, 0.717) is 5.56 Å². The van der Waals surface area contributed by atoms with Crippen LogP contribution in [0.4, 0.5) is 11.4 Å². The molecule has 0 radical (unpaired) electrons. The van der Waals surface area contributed by atoms with Crippen LogP contribution in [0.2, 0.25) is 0 Å². The van der Waals surface area contributed by atoms with Crippen molar-refractivity contribution in [2.45, 2.75) is 19.4 Å². The number of methoxy groups -OCH3 is 1. The molecule has 1 unspecified atom stereocenters. The summed E-state index contributed by atoms with van der Waals surface area (Å²) in [5, 5.41) is 2.97. The Morgan fingerprint density at radius 1 is 0.939 bits per heavy atom. The molecule has 4 rings (SSSR count). The average Bonchev–Trinajstić information content (AvgIpc) is 3.34. The van der Waals surface area contributed by atoms with Gasteiger partial charge in [0, 0.05) is 44.0 Å². The maximum absolute atomic E-state index is 12.7. The fourth-order valence-corrected chi connectivity index (χ4v) is 4.11. The first-order chi connectivity index (χ1) is 15.9. The maximum atomic E-state index is 12.7. The minimum atomic E-state index is -0.145. The summed E-state index contributed by atoms with van der Waals surface area (Å²) < 4.78 is 5.20. The third-order valence-corrected chi connectivity index (χ3v) is 6.27. The lowest BCUT2D eigenvalue weighted by atomic mass is 10.0. The second kappa shape index (κ2) is 9.77. The Morgan fingerprint density at radius 2 is 1.55 bits per heavy atom. The third kappa shape index (κ3) is 5.17. The zero-order valence-electron chi connectivity index (χ0n) is 19.2. The fourth-order valence-electron chi connectivity index (χ4n) is 4.11. The number of hydrogen-bond acceptors (Lipinski definition) is 4. The lowest BCUT2D eigenvalue weighted by Crippen LogP contribution is -2.37. The molecule has 1 saturated heterocycles. The molecule has 2 amide bonds. The van der Waals surface area contributed by atoms with Gasteiger partial charge < -0.3 is 19.9 Å².